The molecule has 0 radical (unpaired) electrons. The van der Waals surface area contributed by atoms with Gasteiger partial charge in [0, 0.05) is 25.2 Å². The topological polar surface area (TPSA) is 84.6 Å². The van der Waals surface area contributed by atoms with E-state index in [0.29, 0.717) is 25.4 Å². The molecule has 0 aliphatic rings. The predicted octanol–water partition coefficient (Wildman–Crippen LogP) is 2.36. The van der Waals surface area contributed by atoms with Crippen molar-refractivity contribution in [1.29, 1.82) is 0 Å². The van der Waals surface area contributed by atoms with Gasteiger partial charge in [0.15, 0.2) is 0 Å². The molecule has 0 spiro atoms. The van der Waals surface area contributed by atoms with Crippen LogP contribution in [0, 0.1) is 15.5 Å². The van der Waals surface area contributed by atoms with Crippen LogP contribution in [0.4, 0.5) is 5.69 Å². The van der Waals surface area contributed by atoms with Crippen LogP contribution in [0.25, 0.3) is 0 Å². The van der Waals surface area contributed by atoms with Crippen LogP contribution in [0.2, 0.25) is 0 Å². The molecule has 0 fully saturated rings. The van der Waals surface area contributed by atoms with Gasteiger partial charge in [-0.1, -0.05) is 20.8 Å². The Balaban J connectivity index is 2.18. The average Bonchev–Trinajstić information content (AvgIpc) is 2.36. The molecule has 6 heteroatoms. The van der Waals surface area contributed by atoms with E-state index in [0.717, 1.165) is 6.42 Å². The summed E-state index contributed by atoms with van der Waals surface area (Å²) in [4.78, 5) is 10.1. The molecule has 0 saturated carbocycles. The number of benzene rings is 1. The Labute approximate surface area is 125 Å². The smallest absolute Gasteiger partial charge is 0.269 e. The average molecular weight is 296 g/mol. The van der Waals surface area contributed by atoms with Crippen molar-refractivity contribution < 1.29 is 14.8 Å². The molecule has 2 N–H and O–H groups in total. The Morgan fingerprint density at radius 3 is 2.48 bits per heavy atom. The van der Waals surface area contributed by atoms with Crippen LogP contribution in [0.1, 0.15) is 27.2 Å². The van der Waals surface area contributed by atoms with Gasteiger partial charge in [0.1, 0.15) is 12.4 Å². The fourth-order valence-electron chi connectivity index (χ4n) is 1.95. The zero-order chi connectivity index (χ0) is 15.9. The summed E-state index contributed by atoms with van der Waals surface area (Å²) in [7, 11) is 0. The van der Waals surface area contributed by atoms with Gasteiger partial charge in [-0.25, -0.2) is 0 Å². The molecule has 6 nitrogen and oxygen atoms in total. The van der Waals surface area contributed by atoms with Crippen LogP contribution in [0.15, 0.2) is 24.3 Å². The minimum absolute atomic E-state index is 0.0470. The molecule has 1 unspecified atom stereocenters. The number of hydrogen-bond donors (Lipinski definition) is 2. The molecular weight excluding hydrogens is 272 g/mol. The third-order valence-corrected chi connectivity index (χ3v) is 2.82. The lowest BCUT2D eigenvalue weighted by Gasteiger charge is -2.22. The van der Waals surface area contributed by atoms with Gasteiger partial charge in [-0.2, -0.15) is 0 Å². The maximum absolute atomic E-state index is 10.5. The van der Waals surface area contributed by atoms with Crippen LogP contribution in [0.5, 0.6) is 5.75 Å². The molecule has 0 aromatic heterocycles. The van der Waals surface area contributed by atoms with Gasteiger partial charge in [-0.3, -0.25) is 10.1 Å². The summed E-state index contributed by atoms with van der Waals surface area (Å²) in [5, 5.41) is 23.4. The summed E-state index contributed by atoms with van der Waals surface area (Å²) in [6.07, 6.45) is 0.368. The molecule has 0 amide bonds. The number of rotatable bonds is 8. The molecule has 0 aliphatic carbocycles. The molecule has 1 rings (SSSR count). The summed E-state index contributed by atoms with van der Waals surface area (Å²) in [5.41, 5.74) is 0.155. The molecule has 0 aliphatic heterocycles. The molecule has 0 heterocycles. The molecule has 0 saturated heterocycles. The normalized spacial score (nSPS) is 13.0. The molecule has 1 aromatic carbocycles. The number of nitro groups is 1. The molecule has 1 atom stereocenters. The summed E-state index contributed by atoms with van der Waals surface area (Å²) < 4.78 is 5.46. The van der Waals surface area contributed by atoms with Crippen LogP contribution < -0.4 is 10.1 Å². The minimum atomic E-state index is -0.443. The highest BCUT2D eigenvalue weighted by Crippen LogP contribution is 2.20. The molecule has 21 heavy (non-hydrogen) atoms. The van der Waals surface area contributed by atoms with Crippen molar-refractivity contribution in [1.82, 2.24) is 5.32 Å². The second-order valence-electron chi connectivity index (χ2n) is 6.22. The number of non-ortho nitro benzene ring substituents is 1. The summed E-state index contributed by atoms with van der Waals surface area (Å²) in [6, 6.07) is 5.98. The predicted molar refractivity (Wildman–Crippen MR) is 81.5 cm³/mol. The number of aliphatic hydroxyl groups excluding tert-OH is 1. The van der Waals surface area contributed by atoms with Crippen molar-refractivity contribution in [2.24, 2.45) is 5.41 Å². The van der Waals surface area contributed by atoms with Gasteiger partial charge >= 0.3 is 0 Å². The van der Waals surface area contributed by atoms with Crippen LogP contribution in [0.3, 0.4) is 0 Å². The van der Waals surface area contributed by atoms with E-state index in [2.05, 4.69) is 26.1 Å². The lowest BCUT2D eigenvalue weighted by atomic mass is 9.89. The number of nitrogens with one attached hydrogen (secondary N) is 1. The first-order valence-corrected chi connectivity index (χ1v) is 7.04. The van der Waals surface area contributed by atoms with E-state index in [1.54, 1.807) is 12.1 Å². The molecular formula is C15H24N2O4. The van der Waals surface area contributed by atoms with E-state index < -0.39 is 4.92 Å². The zero-order valence-corrected chi connectivity index (χ0v) is 12.8. The van der Waals surface area contributed by atoms with Crippen molar-refractivity contribution in [2.45, 2.75) is 33.3 Å². The summed E-state index contributed by atoms with van der Waals surface area (Å²) >= 11 is 0. The van der Waals surface area contributed by atoms with Crippen LogP contribution >= 0.6 is 0 Å². The minimum Gasteiger partial charge on any atom is -0.492 e. The highest BCUT2D eigenvalue weighted by Gasteiger charge is 2.15. The number of ether oxygens (including phenoxy) is 1. The van der Waals surface area contributed by atoms with E-state index in [1.807, 2.05) is 0 Å². The number of aliphatic hydroxyl groups is 1. The van der Waals surface area contributed by atoms with E-state index in [-0.39, 0.29) is 17.2 Å². The van der Waals surface area contributed by atoms with Gasteiger partial charge < -0.3 is 15.2 Å². The summed E-state index contributed by atoms with van der Waals surface area (Å²) in [5.74, 6) is 0.595. The number of nitro benzene ring substituents is 1. The standard InChI is InChI=1S/C15H24N2O4/c1-15(2,3)10-13(18)11-16-8-9-21-14-6-4-12(5-7-14)17(19)20/h4-7,13,16,18H,8-11H2,1-3H3. The molecule has 1 aromatic rings. The Morgan fingerprint density at radius 2 is 1.95 bits per heavy atom. The van der Waals surface area contributed by atoms with Gasteiger partial charge in [0.05, 0.1) is 11.0 Å². The fourth-order valence-corrected chi connectivity index (χ4v) is 1.95. The summed E-state index contributed by atoms with van der Waals surface area (Å²) in [6.45, 7) is 7.86. The third kappa shape index (κ3) is 7.63. The van der Waals surface area contributed by atoms with Gasteiger partial charge in [-0.15, -0.1) is 0 Å². The zero-order valence-electron chi connectivity index (χ0n) is 12.8. The first-order chi connectivity index (χ1) is 9.78. The number of hydrogen-bond acceptors (Lipinski definition) is 5. The first kappa shape index (κ1) is 17.4. The van der Waals surface area contributed by atoms with E-state index in [9.17, 15) is 15.2 Å². The van der Waals surface area contributed by atoms with Crippen molar-refractivity contribution in [3.63, 3.8) is 0 Å². The van der Waals surface area contributed by atoms with Gasteiger partial charge in [-0.05, 0) is 24.0 Å². The highest BCUT2D eigenvalue weighted by molar-refractivity contribution is 5.35. The largest absolute Gasteiger partial charge is 0.492 e. The van der Waals surface area contributed by atoms with Crippen LogP contribution in [-0.2, 0) is 0 Å². The van der Waals surface area contributed by atoms with Gasteiger partial charge in [0.2, 0.25) is 0 Å². The lowest BCUT2D eigenvalue weighted by Crippen LogP contribution is -2.32. The molecule has 118 valence electrons. The van der Waals surface area contributed by atoms with Crippen molar-refractivity contribution >= 4 is 5.69 Å². The Hall–Kier alpha value is -1.66. The Morgan fingerprint density at radius 1 is 1.33 bits per heavy atom. The van der Waals surface area contributed by atoms with E-state index in [4.69, 9.17) is 4.74 Å². The second-order valence-corrected chi connectivity index (χ2v) is 6.22. The van der Waals surface area contributed by atoms with Crippen molar-refractivity contribution in [2.75, 3.05) is 19.7 Å². The van der Waals surface area contributed by atoms with Gasteiger partial charge in [0.25, 0.3) is 5.69 Å². The maximum atomic E-state index is 10.5. The first-order valence-electron chi connectivity index (χ1n) is 7.04. The fraction of sp³-hybridized carbons (Fsp3) is 0.600. The van der Waals surface area contributed by atoms with Crippen LogP contribution in [-0.4, -0.2) is 35.8 Å². The third-order valence-electron chi connectivity index (χ3n) is 2.82. The quantitative estimate of drug-likeness (QED) is 0.437. The highest BCUT2D eigenvalue weighted by atomic mass is 16.6. The maximum Gasteiger partial charge on any atom is 0.269 e. The van der Waals surface area contributed by atoms with E-state index >= 15 is 0 Å². The second kappa shape index (κ2) is 7.95. The lowest BCUT2D eigenvalue weighted by molar-refractivity contribution is -0.384. The number of nitrogens with zero attached hydrogens (tertiary/aromatic N) is 1. The monoisotopic (exact) mass is 296 g/mol. The van der Waals surface area contributed by atoms with Crippen molar-refractivity contribution in [3.05, 3.63) is 34.4 Å². The SMILES string of the molecule is CC(C)(C)CC(O)CNCCOc1ccc([N+](=O)[O-])cc1. The Kier molecular flexibility index (Phi) is 6.58. The Bertz CT molecular complexity index is 440. The molecule has 0 bridgehead atoms. The van der Waals surface area contributed by atoms with E-state index in [1.165, 1.54) is 12.1 Å². The van der Waals surface area contributed by atoms with Crippen molar-refractivity contribution in [3.8, 4) is 5.75 Å².